The number of quaternary nitrogens is 1. The van der Waals surface area contributed by atoms with Crippen molar-refractivity contribution in [1.82, 2.24) is 4.90 Å². The second-order valence-electron chi connectivity index (χ2n) is 9.22. The first-order valence-corrected chi connectivity index (χ1v) is 11.8. The molecular weight excluding hydrogens is 388 g/mol. The smallest absolute Gasteiger partial charge is 0.231 e. The van der Waals surface area contributed by atoms with Crippen molar-refractivity contribution in [1.29, 1.82) is 0 Å². The minimum Gasteiger partial charge on any atom is -0.454 e. The Morgan fingerprint density at radius 1 is 1.10 bits per heavy atom. The number of hydrogen-bond acceptors (Lipinski definition) is 3. The number of nitrogens with one attached hydrogen (secondary N) is 1. The summed E-state index contributed by atoms with van der Waals surface area (Å²) in [6.45, 7) is 6.38. The summed E-state index contributed by atoms with van der Waals surface area (Å²) in [6.07, 6.45) is 5.28. The van der Waals surface area contributed by atoms with Crippen molar-refractivity contribution in [2.75, 3.05) is 26.4 Å². The molecule has 1 amide bonds. The van der Waals surface area contributed by atoms with E-state index in [0.717, 1.165) is 49.4 Å². The number of hydrogen-bond donors (Lipinski definition) is 1. The van der Waals surface area contributed by atoms with E-state index in [1.54, 1.807) is 4.90 Å². The lowest BCUT2D eigenvalue weighted by atomic mass is 9.83. The fourth-order valence-electron chi connectivity index (χ4n) is 5.59. The summed E-state index contributed by atoms with van der Waals surface area (Å²) in [5.74, 6) is 1.98. The zero-order valence-electron chi connectivity index (χ0n) is 18.4. The maximum atomic E-state index is 13.8. The summed E-state index contributed by atoms with van der Waals surface area (Å²) in [4.78, 5) is 17.6. The molecule has 0 radical (unpaired) electrons. The van der Waals surface area contributed by atoms with Crippen molar-refractivity contribution in [3.05, 3.63) is 59.2 Å². The van der Waals surface area contributed by atoms with Gasteiger partial charge in [-0.05, 0) is 55.0 Å². The zero-order chi connectivity index (χ0) is 21.2. The Hall–Kier alpha value is -2.53. The summed E-state index contributed by atoms with van der Waals surface area (Å²) < 4.78 is 11.0. The topological polar surface area (TPSA) is 43.2 Å². The highest BCUT2D eigenvalue weighted by molar-refractivity contribution is 5.79. The van der Waals surface area contributed by atoms with Crippen LogP contribution in [-0.4, -0.2) is 43.3 Å². The van der Waals surface area contributed by atoms with Crippen LogP contribution in [0.5, 0.6) is 11.5 Å². The van der Waals surface area contributed by atoms with Crippen LogP contribution in [0, 0.1) is 5.92 Å². The lowest BCUT2D eigenvalue weighted by molar-refractivity contribution is -0.909. The van der Waals surface area contributed by atoms with Crippen LogP contribution in [0.3, 0.4) is 0 Å². The number of nitrogens with zero attached hydrogens (tertiary/aromatic N) is 1. The third-order valence-electron chi connectivity index (χ3n) is 7.34. The van der Waals surface area contributed by atoms with Crippen LogP contribution >= 0.6 is 0 Å². The summed E-state index contributed by atoms with van der Waals surface area (Å²) in [5.41, 5.74) is 3.87. The standard InChI is InChI=1S/C26H32N2O3/c1-2-27-13-5-8-23(27)17-28(16-19-9-12-24-25(14-19)31-18-30-24)26(29)22-11-10-20-6-3-4-7-21(20)15-22/h3-4,6-7,9,12,14,22-23H,2,5,8,10-11,13,15-18H2,1H3/p+1/t22-,23+/m1/s1. The summed E-state index contributed by atoms with van der Waals surface area (Å²) in [7, 11) is 0. The molecule has 2 aliphatic heterocycles. The molecule has 5 heteroatoms. The minimum atomic E-state index is 0.0791. The molecule has 0 aromatic heterocycles. The van der Waals surface area contributed by atoms with Gasteiger partial charge in [0, 0.05) is 25.3 Å². The molecule has 5 nitrogen and oxygen atoms in total. The maximum absolute atomic E-state index is 13.8. The van der Waals surface area contributed by atoms with E-state index >= 15 is 0 Å². The molecule has 1 aliphatic carbocycles. The van der Waals surface area contributed by atoms with E-state index in [2.05, 4.69) is 42.2 Å². The normalized spacial score (nSPS) is 24.1. The SMILES string of the molecule is CC[NH+]1CCC[C@H]1CN(Cc1ccc2c(c1)OCO2)C(=O)[C@@H]1CCc2ccccc2C1. The van der Waals surface area contributed by atoms with Gasteiger partial charge in [-0.1, -0.05) is 30.3 Å². The van der Waals surface area contributed by atoms with Crippen molar-refractivity contribution in [3.63, 3.8) is 0 Å². The molecule has 3 atom stereocenters. The highest BCUT2D eigenvalue weighted by atomic mass is 16.7. The number of ether oxygens (including phenoxy) is 2. The van der Waals surface area contributed by atoms with Crippen LogP contribution in [0.1, 0.15) is 42.9 Å². The molecule has 0 spiro atoms. The lowest BCUT2D eigenvalue weighted by Crippen LogP contribution is -3.14. The molecule has 2 aromatic rings. The van der Waals surface area contributed by atoms with Crippen LogP contribution < -0.4 is 14.4 Å². The van der Waals surface area contributed by atoms with Gasteiger partial charge in [-0.3, -0.25) is 4.79 Å². The third kappa shape index (κ3) is 4.29. The van der Waals surface area contributed by atoms with E-state index in [4.69, 9.17) is 9.47 Å². The number of rotatable bonds is 6. The molecule has 0 saturated carbocycles. The predicted molar refractivity (Wildman–Crippen MR) is 119 cm³/mol. The average Bonchev–Trinajstić information content (AvgIpc) is 3.46. The van der Waals surface area contributed by atoms with Crippen molar-refractivity contribution in [3.8, 4) is 11.5 Å². The molecule has 31 heavy (non-hydrogen) atoms. The Morgan fingerprint density at radius 3 is 2.81 bits per heavy atom. The molecule has 2 aromatic carbocycles. The first kappa shape index (κ1) is 20.4. The molecule has 1 unspecified atom stereocenters. The van der Waals surface area contributed by atoms with E-state index in [0.29, 0.717) is 18.5 Å². The van der Waals surface area contributed by atoms with Gasteiger partial charge in [-0.2, -0.15) is 0 Å². The van der Waals surface area contributed by atoms with E-state index in [9.17, 15) is 4.79 Å². The Labute approximate surface area is 184 Å². The van der Waals surface area contributed by atoms with Crippen molar-refractivity contribution in [2.24, 2.45) is 5.92 Å². The average molecular weight is 422 g/mol. The number of fused-ring (bicyclic) bond motifs is 2. The van der Waals surface area contributed by atoms with E-state index in [-0.39, 0.29) is 12.7 Å². The van der Waals surface area contributed by atoms with E-state index < -0.39 is 0 Å². The number of likely N-dealkylation sites (N-methyl/N-ethyl adjacent to an activating group) is 1. The van der Waals surface area contributed by atoms with Crippen molar-refractivity contribution in [2.45, 2.75) is 51.6 Å². The fraction of sp³-hybridized carbons (Fsp3) is 0.500. The van der Waals surface area contributed by atoms with E-state index in [1.165, 1.54) is 30.5 Å². The number of carbonyl (C=O) groups is 1. The quantitative estimate of drug-likeness (QED) is 0.780. The zero-order valence-corrected chi connectivity index (χ0v) is 18.4. The number of carbonyl (C=O) groups excluding carboxylic acids is 1. The Balaban J connectivity index is 1.36. The second-order valence-corrected chi connectivity index (χ2v) is 9.22. The predicted octanol–water partition coefficient (Wildman–Crippen LogP) is 2.62. The Kier molecular flexibility index (Phi) is 5.86. The molecule has 5 rings (SSSR count). The molecule has 1 fully saturated rings. The van der Waals surface area contributed by atoms with Gasteiger partial charge in [0.2, 0.25) is 12.7 Å². The molecule has 1 N–H and O–H groups in total. The molecular formula is C26H33N2O3+. The molecule has 164 valence electrons. The highest BCUT2D eigenvalue weighted by Gasteiger charge is 2.34. The summed E-state index contributed by atoms with van der Waals surface area (Å²) in [5, 5.41) is 0. The van der Waals surface area contributed by atoms with Gasteiger partial charge in [0.25, 0.3) is 0 Å². The second kappa shape index (κ2) is 8.91. The van der Waals surface area contributed by atoms with Gasteiger partial charge in [-0.25, -0.2) is 0 Å². The number of aryl methyl sites for hydroxylation is 1. The highest BCUT2D eigenvalue weighted by Crippen LogP contribution is 2.33. The number of benzene rings is 2. The van der Waals surface area contributed by atoms with Gasteiger partial charge in [0.1, 0.15) is 6.04 Å². The first-order chi connectivity index (χ1) is 15.2. The fourth-order valence-corrected chi connectivity index (χ4v) is 5.59. The summed E-state index contributed by atoms with van der Waals surface area (Å²) >= 11 is 0. The number of likely N-dealkylation sites (tertiary alicyclic amines) is 1. The van der Waals surface area contributed by atoms with Crippen molar-refractivity contribution < 1.29 is 19.2 Å². The maximum Gasteiger partial charge on any atom is 0.231 e. The van der Waals surface area contributed by atoms with Crippen LogP contribution in [0.2, 0.25) is 0 Å². The molecule has 0 bridgehead atoms. The minimum absolute atomic E-state index is 0.0791. The molecule has 3 aliphatic rings. The first-order valence-electron chi connectivity index (χ1n) is 11.8. The largest absolute Gasteiger partial charge is 0.454 e. The number of amides is 1. The molecule has 1 saturated heterocycles. The molecule has 2 heterocycles. The third-order valence-corrected chi connectivity index (χ3v) is 7.34. The van der Waals surface area contributed by atoms with Gasteiger partial charge >= 0.3 is 0 Å². The van der Waals surface area contributed by atoms with Crippen LogP contribution in [0.15, 0.2) is 42.5 Å². The van der Waals surface area contributed by atoms with Crippen LogP contribution in [-0.2, 0) is 24.2 Å². The van der Waals surface area contributed by atoms with Crippen LogP contribution in [0.25, 0.3) is 0 Å². The van der Waals surface area contributed by atoms with Gasteiger partial charge in [0.05, 0.1) is 19.6 Å². The van der Waals surface area contributed by atoms with Gasteiger partial charge in [-0.15, -0.1) is 0 Å². The van der Waals surface area contributed by atoms with Gasteiger partial charge in [0.15, 0.2) is 11.5 Å². The van der Waals surface area contributed by atoms with Crippen LogP contribution in [0.4, 0.5) is 0 Å². The van der Waals surface area contributed by atoms with E-state index in [1.807, 2.05) is 12.1 Å². The van der Waals surface area contributed by atoms with Gasteiger partial charge < -0.3 is 19.3 Å². The Morgan fingerprint density at radius 2 is 1.94 bits per heavy atom. The Bertz CT molecular complexity index is 944. The summed E-state index contributed by atoms with van der Waals surface area (Å²) in [6, 6.07) is 15.2. The lowest BCUT2D eigenvalue weighted by Gasteiger charge is -2.33. The van der Waals surface area contributed by atoms with Crippen molar-refractivity contribution >= 4 is 5.91 Å². The monoisotopic (exact) mass is 421 g/mol.